The van der Waals surface area contributed by atoms with E-state index in [9.17, 15) is 4.79 Å². The Labute approximate surface area is 182 Å². The fraction of sp³-hybridized carbons (Fsp3) is 0.240. The average molecular weight is 422 g/mol. The standard InChI is InChI=1S/C25H27NO3S/c1-4-29-22-7-5-6-21(15-22)19-8-10-20(11-9-19)23(24-14-18(2)17-30-24)12-13-26(3)16-25(27)28/h5-12,14-15,17H,4,13,16H2,1-3H3,(H,27,28)/b23-12-. The van der Waals surface area contributed by atoms with Gasteiger partial charge in [0, 0.05) is 11.4 Å². The molecule has 156 valence electrons. The number of carbonyl (C=O) groups is 1. The Morgan fingerprint density at radius 2 is 1.90 bits per heavy atom. The van der Waals surface area contributed by atoms with E-state index in [2.05, 4.69) is 60.8 Å². The second kappa shape index (κ2) is 10.2. The van der Waals surface area contributed by atoms with E-state index in [1.165, 1.54) is 10.4 Å². The van der Waals surface area contributed by atoms with Crippen LogP contribution in [0.15, 0.2) is 66.1 Å². The summed E-state index contributed by atoms with van der Waals surface area (Å²) in [4.78, 5) is 13.9. The normalized spacial score (nSPS) is 11.7. The molecule has 1 aromatic heterocycles. The van der Waals surface area contributed by atoms with Crippen LogP contribution in [0.2, 0.25) is 0 Å². The predicted molar refractivity (Wildman–Crippen MR) is 124 cm³/mol. The smallest absolute Gasteiger partial charge is 0.317 e. The third-order valence-corrected chi connectivity index (χ3v) is 5.76. The van der Waals surface area contributed by atoms with Gasteiger partial charge in [-0.2, -0.15) is 0 Å². The van der Waals surface area contributed by atoms with Gasteiger partial charge in [0.05, 0.1) is 13.2 Å². The molecular formula is C25H27NO3S. The first-order chi connectivity index (χ1) is 14.5. The molecule has 0 bridgehead atoms. The molecule has 5 heteroatoms. The minimum atomic E-state index is -0.821. The molecule has 0 radical (unpaired) electrons. The van der Waals surface area contributed by atoms with Gasteiger partial charge in [0.15, 0.2) is 0 Å². The zero-order chi connectivity index (χ0) is 21.5. The van der Waals surface area contributed by atoms with Gasteiger partial charge in [-0.3, -0.25) is 9.69 Å². The van der Waals surface area contributed by atoms with Crippen molar-refractivity contribution in [3.63, 3.8) is 0 Å². The molecule has 0 saturated heterocycles. The molecule has 0 unspecified atom stereocenters. The second-order valence-corrected chi connectivity index (χ2v) is 8.15. The van der Waals surface area contributed by atoms with Crippen LogP contribution in [0.4, 0.5) is 0 Å². The van der Waals surface area contributed by atoms with Crippen LogP contribution in [0.1, 0.15) is 22.9 Å². The van der Waals surface area contributed by atoms with Gasteiger partial charge in [-0.15, -0.1) is 11.3 Å². The number of rotatable bonds is 9. The van der Waals surface area contributed by atoms with Crippen LogP contribution < -0.4 is 4.74 Å². The first-order valence-corrected chi connectivity index (χ1v) is 10.8. The van der Waals surface area contributed by atoms with Crippen molar-refractivity contribution in [2.24, 2.45) is 0 Å². The fourth-order valence-corrected chi connectivity index (χ4v) is 4.21. The lowest BCUT2D eigenvalue weighted by Gasteiger charge is -2.13. The van der Waals surface area contributed by atoms with E-state index in [1.54, 1.807) is 16.2 Å². The molecule has 0 atom stereocenters. The molecule has 0 aliphatic rings. The highest BCUT2D eigenvalue weighted by Gasteiger charge is 2.10. The maximum Gasteiger partial charge on any atom is 0.317 e. The number of ether oxygens (including phenoxy) is 1. The Kier molecular flexibility index (Phi) is 7.44. The largest absolute Gasteiger partial charge is 0.494 e. The topological polar surface area (TPSA) is 49.8 Å². The lowest BCUT2D eigenvalue weighted by atomic mass is 9.99. The number of benzene rings is 2. The Balaban J connectivity index is 1.88. The van der Waals surface area contributed by atoms with E-state index in [0.29, 0.717) is 13.2 Å². The lowest BCUT2D eigenvalue weighted by Crippen LogP contribution is -2.25. The molecule has 3 rings (SSSR count). The van der Waals surface area contributed by atoms with Crippen molar-refractivity contribution in [1.29, 1.82) is 0 Å². The van der Waals surface area contributed by atoms with Crippen molar-refractivity contribution in [2.45, 2.75) is 13.8 Å². The minimum Gasteiger partial charge on any atom is -0.494 e. The number of nitrogens with zero attached hydrogens (tertiary/aromatic N) is 1. The summed E-state index contributed by atoms with van der Waals surface area (Å²) in [6, 6.07) is 18.8. The molecule has 4 nitrogen and oxygen atoms in total. The van der Waals surface area contributed by atoms with Gasteiger partial charge in [-0.25, -0.2) is 0 Å². The molecule has 0 saturated carbocycles. The van der Waals surface area contributed by atoms with E-state index in [1.807, 2.05) is 26.1 Å². The number of aliphatic carboxylic acids is 1. The lowest BCUT2D eigenvalue weighted by molar-refractivity contribution is -0.137. The second-order valence-electron chi connectivity index (χ2n) is 7.23. The minimum absolute atomic E-state index is 0.0162. The predicted octanol–water partition coefficient (Wildman–Crippen LogP) is 5.57. The molecule has 0 aliphatic heterocycles. The Bertz CT molecular complexity index is 1020. The number of carboxylic acids is 1. The third-order valence-electron chi connectivity index (χ3n) is 4.68. The molecule has 1 heterocycles. The molecule has 3 aromatic rings. The molecule has 30 heavy (non-hydrogen) atoms. The summed E-state index contributed by atoms with van der Waals surface area (Å²) in [5.41, 5.74) is 5.71. The van der Waals surface area contributed by atoms with Crippen LogP contribution in [-0.2, 0) is 4.79 Å². The molecular weight excluding hydrogens is 394 g/mol. The summed E-state index contributed by atoms with van der Waals surface area (Å²) < 4.78 is 5.62. The van der Waals surface area contributed by atoms with Gasteiger partial charge < -0.3 is 9.84 Å². The first-order valence-electron chi connectivity index (χ1n) is 9.96. The van der Waals surface area contributed by atoms with Crippen molar-refractivity contribution in [3.8, 4) is 16.9 Å². The summed E-state index contributed by atoms with van der Waals surface area (Å²) in [6.45, 7) is 5.30. The van der Waals surface area contributed by atoms with Crippen molar-refractivity contribution in [2.75, 3.05) is 26.7 Å². The summed E-state index contributed by atoms with van der Waals surface area (Å²) in [6.07, 6.45) is 2.11. The Morgan fingerprint density at radius 3 is 2.53 bits per heavy atom. The van der Waals surface area contributed by atoms with Crippen LogP contribution in [-0.4, -0.2) is 42.7 Å². The summed E-state index contributed by atoms with van der Waals surface area (Å²) >= 11 is 1.71. The maximum absolute atomic E-state index is 11.0. The third kappa shape index (κ3) is 5.81. The van der Waals surface area contributed by atoms with Gasteiger partial charge in [-0.05, 0) is 72.3 Å². The molecule has 2 aromatic carbocycles. The zero-order valence-electron chi connectivity index (χ0n) is 17.6. The van der Waals surface area contributed by atoms with Crippen LogP contribution in [0.5, 0.6) is 5.75 Å². The molecule has 0 aliphatic carbocycles. The van der Waals surface area contributed by atoms with Crippen molar-refractivity contribution in [1.82, 2.24) is 4.90 Å². The van der Waals surface area contributed by atoms with Crippen molar-refractivity contribution >= 4 is 22.9 Å². The van der Waals surface area contributed by atoms with Crippen molar-refractivity contribution in [3.05, 3.63) is 82.1 Å². The highest BCUT2D eigenvalue weighted by atomic mass is 32.1. The van der Waals surface area contributed by atoms with E-state index in [0.717, 1.165) is 28.0 Å². The summed E-state index contributed by atoms with van der Waals surface area (Å²) in [7, 11) is 1.82. The van der Waals surface area contributed by atoms with Crippen LogP contribution in [0.25, 0.3) is 16.7 Å². The van der Waals surface area contributed by atoms with Gasteiger partial charge >= 0.3 is 5.97 Å². The first kappa shape index (κ1) is 21.8. The molecule has 1 N–H and O–H groups in total. The number of hydrogen-bond donors (Lipinski definition) is 1. The number of likely N-dealkylation sites (N-methyl/N-ethyl adjacent to an activating group) is 1. The number of hydrogen-bond acceptors (Lipinski definition) is 4. The number of thiophene rings is 1. The van der Waals surface area contributed by atoms with Gasteiger partial charge in [-0.1, -0.05) is 42.5 Å². The van der Waals surface area contributed by atoms with Crippen molar-refractivity contribution < 1.29 is 14.6 Å². The van der Waals surface area contributed by atoms with E-state index >= 15 is 0 Å². The van der Waals surface area contributed by atoms with E-state index in [4.69, 9.17) is 9.84 Å². The highest BCUT2D eigenvalue weighted by Crippen LogP contribution is 2.31. The Hall–Kier alpha value is -2.89. The average Bonchev–Trinajstić information content (AvgIpc) is 3.14. The van der Waals surface area contributed by atoms with Crippen LogP contribution in [0.3, 0.4) is 0 Å². The van der Waals surface area contributed by atoms with Gasteiger partial charge in [0.25, 0.3) is 0 Å². The van der Waals surface area contributed by atoms with Gasteiger partial charge in [0.1, 0.15) is 5.75 Å². The van der Waals surface area contributed by atoms with Crippen LogP contribution >= 0.6 is 11.3 Å². The number of carboxylic acid groups (broad SMARTS) is 1. The zero-order valence-corrected chi connectivity index (χ0v) is 18.4. The fourth-order valence-electron chi connectivity index (χ4n) is 3.25. The van der Waals surface area contributed by atoms with Gasteiger partial charge in [0.2, 0.25) is 0 Å². The van der Waals surface area contributed by atoms with Crippen LogP contribution in [0, 0.1) is 6.92 Å². The SMILES string of the molecule is CCOc1cccc(-c2ccc(/C(=C/CN(C)CC(=O)O)c3cc(C)cs3)cc2)c1. The van der Waals surface area contributed by atoms with E-state index in [-0.39, 0.29) is 6.54 Å². The summed E-state index contributed by atoms with van der Waals surface area (Å²) in [5, 5.41) is 11.1. The number of aryl methyl sites for hydroxylation is 1. The molecule has 0 amide bonds. The maximum atomic E-state index is 11.0. The quantitative estimate of drug-likeness (QED) is 0.491. The summed E-state index contributed by atoms with van der Waals surface area (Å²) in [5.74, 6) is 0.0493. The van der Waals surface area contributed by atoms with E-state index < -0.39 is 5.97 Å². The Morgan fingerprint density at radius 1 is 1.13 bits per heavy atom. The highest BCUT2D eigenvalue weighted by molar-refractivity contribution is 7.11. The molecule has 0 fully saturated rings. The monoisotopic (exact) mass is 421 g/mol. The molecule has 0 spiro atoms.